The first-order valence-corrected chi connectivity index (χ1v) is 7.40. The van der Waals surface area contributed by atoms with Crippen molar-refractivity contribution >= 4 is 5.97 Å². The molecule has 4 heteroatoms. The number of carbonyl (C=O) groups is 1. The largest absolute Gasteiger partial charge is 0.493 e. The highest BCUT2D eigenvalue weighted by Gasteiger charge is 2.21. The van der Waals surface area contributed by atoms with Crippen LogP contribution in [0.3, 0.4) is 0 Å². The first-order chi connectivity index (χ1) is 10.9. The Morgan fingerprint density at radius 2 is 1.52 bits per heavy atom. The van der Waals surface area contributed by atoms with Gasteiger partial charge in [-0.15, -0.1) is 0 Å². The zero-order valence-corrected chi connectivity index (χ0v) is 14.2. The van der Waals surface area contributed by atoms with E-state index in [2.05, 4.69) is 20.8 Å². The number of esters is 1. The number of hydrogen-bond donors (Lipinski definition) is 0. The van der Waals surface area contributed by atoms with Crippen molar-refractivity contribution in [3.63, 3.8) is 0 Å². The summed E-state index contributed by atoms with van der Waals surface area (Å²) >= 11 is 0. The van der Waals surface area contributed by atoms with Crippen molar-refractivity contribution in [2.24, 2.45) is 0 Å². The summed E-state index contributed by atoms with van der Waals surface area (Å²) in [6, 6.07) is 12.5. The van der Waals surface area contributed by atoms with Crippen LogP contribution < -0.4 is 14.2 Å². The van der Waals surface area contributed by atoms with Gasteiger partial charge in [-0.25, -0.2) is 4.79 Å². The van der Waals surface area contributed by atoms with Gasteiger partial charge in [0.2, 0.25) is 0 Å². The quantitative estimate of drug-likeness (QED) is 0.626. The molecule has 0 atom stereocenters. The molecular formula is C19H22O4. The molecule has 122 valence electrons. The van der Waals surface area contributed by atoms with Gasteiger partial charge in [-0.1, -0.05) is 39.0 Å². The monoisotopic (exact) mass is 314 g/mol. The third-order valence-electron chi connectivity index (χ3n) is 3.52. The molecule has 0 N–H and O–H groups in total. The van der Waals surface area contributed by atoms with Crippen molar-refractivity contribution in [2.75, 3.05) is 14.2 Å². The van der Waals surface area contributed by atoms with E-state index in [0.717, 1.165) is 5.56 Å². The van der Waals surface area contributed by atoms with E-state index >= 15 is 0 Å². The molecule has 2 aromatic carbocycles. The van der Waals surface area contributed by atoms with E-state index < -0.39 is 5.97 Å². The van der Waals surface area contributed by atoms with Gasteiger partial charge >= 0.3 is 5.97 Å². The molecule has 0 aromatic heterocycles. The maximum atomic E-state index is 12.4. The molecule has 23 heavy (non-hydrogen) atoms. The van der Waals surface area contributed by atoms with Crippen molar-refractivity contribution < 1.29 is 19.0 Å². The van der Waals surface area contributed by atoms with Gasteiger partial charge in [-0.05, 0) is 29.7 Å². The third kappa shape index (κ3) is 3.83. The summed E-state index contributed by atoms with van der Waals surface area (Å²) in [4.78, 5) is 12.4. The Hall–Kier alpha value is -2.49. The molecule has 0 radical (unpaired) electrons. The molecule has 4 nitrogen and oxygen atoms in total. The summed E-state index contributed by atoms with van der Waals surface area (Å²) in [5.74, 6) is 1.20. The minimum atomic E-state index is -0.428. The fraction of sp³-hybridized carbons (Fsp3) is 0.316. The molecule has 0 bridgehead atoms. The van der Waals surface area contributed by atoms with Gasteiger partial charge in [0.05, 0.1) is 19.8 Å². The summed E-state index contributed by atoms with van der Waals surface area (Å²) in [6.45, 7) is 6.24. The normalized spacial score (nSPS) is 11.0. The Labute approximate surface area is 137 Å². The lowest BCUT2D eigenvalue weighted by atomic mass is 9.86. The lowest BCUT2D eigenvalue weighted by Gasteiger charge is -2.22. The van der Waals surface area contributed by atoms with Crippen molar-refractivity contribution in [3.8, 4) is 17.2 Å². The summed E-state index contributed by atoms with van der Waals surface area (Å²) in [5.41, 5.74) is 1.27. The van der Waals surface area contributed by atoms with Gasteiger partial charge in [-0.2, -0.15) is 0 Å². The highest BCUT2D eigenvalue weighted by molar-refractivity contribution is 5.92. The predicted octanol–water partition coefficient (Wildman–Crippen LogP) is 4.22. The van der Waals surface area contributed by atoms with Crippen LogP contribution in [0.2, 0.25) is 0 Å². The van der Waals surface area contributed by atoms with E-state index in [1.54, 1.807) is 31.4 Å². The first-order valence-electron chi connectivity index (χ1n) is 7.40. The fourth-order valence-corrected chi connectivity index (χ4v) is 2.30. The Morgan fingerprint density at radius 3 is 2.13 bits per heavy atom. The van der Waals surface area contributed by atoms with Gasteiger partial charge in [0.1, 0.15) is 5.75 Å². The zero-order valence-electron chi connectivity index (χ0n) is 14.2. The van der Waals surface area contributed by atoms with Gasteiger partial charge in [0, 0.05) is 5.56 Å². The summed E-state index contributed by atoms with van der Waals surface area (Å²) in [6.07, 6.45) is 0. The van der Waals surface area contributed by atoms with E-state index in [0.29, 0.717) is 22.8 Å². The van der Waals surface area contributed by atoms with Crippen molar-refractivity contribution in [1.29, 1.82) is 0 Å². The molecule has 0 spiro atoms. The SMILES string of the molecule is COc1ccc(C(=O)Oc2ccccc2C(C)(C)C)cc1OC. The number of rotatable bonds is 4. The molecule has 2 aromatic rings. The Kier molecular flexibility index (Phi) is 4.94. The number of methoxy groups -OCH3 is 2. The van der Waals surface area contributed by atoms with E-state index in [-0.39, 0.29) is 5.41 Å². The maximum Gasteiger partial charge on any atom is 0.343 e. The van der Waals surface area contributed by atoms with Crippen LogP contribution in [-0.4, -0.2) is 20.2 Å². The Balaban J connectivity index is 2.30. The molecule has 0 heterocycles. The van der Waals surface area contributed by atoms with Crippen LogP contribution >= 0.6 is 0 Å². The van der Waals surface area contributed by atoms with Crippen molar-refractivity contribution in [3.05, 3.63) is 53.6 Å². The lowest BCUT2D eigenvalue weighted by Crippen LogP contribution is -2.16. The van der Waals surface area contributed by atoms with Gasteiger partial charge in [-0.3, -0.25) is 0 Å². The van der Waals surface area contributed by atoms with E-state index in [1.165, 1.54) is 7.11 Å². The third-order valence-corrected chi connectivity index (χ3v) is 3.52. The second-order valence-electron chi connectivity index (χ2n) is 6.21. The van der Waals surface area contributed by atoms with Gasteiger partial charge in [0.25, 0.3) is 0 Å². The molecule has 0 unspecified atom stereocenters. The van der Waals surface area contributed by atoms with Crippen LogP contribution in [0.15, 0.2) is 42.5 Å². The van der Waals surface area contributed by atoms with Crippen LogP contribution in [-0.2, 0) is 5.41 Å². The molecule has 0 amide bonds. The minimum absolute atomic E-state index is 0.117. The average molecular weight is 314 g/mol. The van der Waals surface area contributed by atoms with Crippen molar-refractivity contribution in [1.82, 2.24) is 0 Å². The second kappa shape index (κ2) is 6.73. The molecule has 0 aliphatic rings. The average Bonchev–Trinajstić information content (AvgIpc) is 2.53. The maximum absolute atomic E-state index is 12.4. The fourth-order valence-electron chi connectivity index (χ4n) is 2.30. The molecule has 0 saturated heterocycles. The number of hydrogen-bond acceptors (Lipinski definition) is 4. The van der Waals surface area contributed by atoms with Gasteiger partial charge in [0.15, 0.2) is 11.5 Å². The smallest absolute Gasteiger partial charge is 0.343 e. The van der Waals surface area contributed by atoms with Crippen LogP contribution in [0.25, 0.3) is 0 Å². The number of ether oxygens (including phenoxy) is 3. The first kappa shape index (κ1) is 16.9. The van der Waals surface area contributed by atoms with Crippen LogP contribution in [0.4, 0.5) is 0 Å². The minimum Gasteiger partial charge on any atom is -0.493 e. The molecule has 0 aliphatic carbocycles. The standard InChI is InChI=1S/C19H22O4/c1-19(2,3)14-8-6-7-9-15(14)23-18(20)13-10-11-16(21-4)17(12-13)22-5/h6-12H,1-5H3. The van der Waals surface area contributed by atoms with Crippen LogP contribution in [0, 0.1) is 0 Å². The van der Waals surface area contributed by atoms with E-state index in [4.69, 9.17) is 14.2 Å². The Morgan fingerprint density at radius 1 is 0.870 bits per heavy atom. The number of para-hydroxylation sites is 1. The number of carbonyl (C=O) groups excluding carboxylic acids is 1. The van der Waals surface area contributed by atoms with Crippen LogP contribution in [0.1, 0.15) is 36.7 Å². The highest BCUT2D eigenvalue weighted by atomic mass is 16.5. The lowest BCUT2D eigenvalue weighted by molar-refractivity contribution is 0.0731. The Bertz CT molecular complexity index is 699. The molecule has 0 aliphatic heterocycles. The zero-order chi connectivity index (χ0) is 17.0. The number of benzene rings is 2. The summed E-state index contributed by atoms with van der Waals surface area (Å²) < 4.78 is 16.0. The predicted molar refractivity (Wildman–Crippen MR) is 89.6 cm³/mol. The van der Waals surface area contributed by atoms with Crippen molar-refractivity contribution in [2.45, 2.75) is 26.2 Å². The second-order valence-corrected chi connectivity index (χ2v) is 6.21. The topological polar surface area (TPSA) is 44.8 Å². The van der Waals surface area contributed by atoms with E-state index in [9.17, 15) is 4.79 Å². The summed E-state index contributed by atoms with van der Waals surface area (Å²) in [5, 5.41) is 0. The van der Waals surface area contributed by atoms with Crippen LogP contribution in [0.5, 0.6) is 17.2 Å². The summed E-state index contributed by atoms with van der Waals surface area (Å²) in [7, 11) is 3.08. The molecule has 2 rings (SSSR count). The molecule has 0 fully saturated rings. The molecule has 0 saturated carbocycles. The highest BCUT2D eigenvalue weighted by Crippen LogP contribution is 2.32. The van der Waals surface area contributed by atoms with E-state index in [1.807, 2.05) is 18.2 Å². The van der Waals surface area contributed by atoms with Gasteiger partial charge < -0.3 is 14.2 Å². The molecular weight excluding hydrogens is 292 g/mol.